The van der Waals surface area contributed by atoms with Crippen molar-refractivity contribution < 1.29 is 4.79 Å². The van der Waals surface area contributed by atoms with Crippen LogP contribution in [0.2, 0.25) is 0 Å². The van der Waals surface area contributed by atoms with Gasteiger partial charge in [-0.3, -0.25) is 15.0 Å². The molecule has 2 fully saturated rings. The average Bonchev–Trinajstić information content (AvgIpc) is 3.54. The second-order valence-electron chi connectivity index (χ2n) is 9.68. The highest BCUT2D eigenvalue weighted by molar-refractivity contribution is 5.96. The zero-order valence-corrected chi connectivity index (χ0v) is 19.7. The zero-order valence-electron chi connectivity index (χ0n) is 19.7. The summed E-state index contributed by atoms with van der Waals surface area (Å²) in [7, 11) is 0. The molecule has 1 saturated carbocycles. The van der Waals surface area contributed by atoms with Crippen molar-refractivity contribution in [1.82, 2.24) is 25.4 Å². The second kappa shape index (κ2) is 9.50. The third-order valence-corrected chi connectivity index (χ3v) is 7.40. The fourth-order valence-electron chi connectivity index (χ4n) is 5.50. The summed E-state index contributed by atoms with van der Waals surface area (Å²) in [5, 5.41) is 14.9. The molecule has 0 spiro atoms. The van der Waals surface area contributed by atoms with Crippen LogP contribution in [-0.4, -0.2) is 45.2 Å². The van der Waals surface area contributed by atoms with Crippen LogP contribution in [0.5, 0.6) is 0 Å². The summed E-state index contributed by atoms with van der Waals surface area (Å²) in [6.07, 6.45) is 8.93. The number of anilines is 1. The summed E-state index contributed by atoms with van der Waals surface area (Å²) < 4.78 is 0. The first-order valence-corrected chi connectivity index (χ1v) is 12.5. The van der Waals surface area contributed by atoms with Gasteiger partial charge in [0, 0.05) is 60.6 Å². The van der Waals surface area contributed by atoms with Gasteiger partial charge in [0.25, 0.3) is 0 Å². The van der Waals surface area contributed by atoms with Crippen molar-refractivity contribution in [2.24, 2.45) is 0 Å². The number of aromatic nitrogens is 3. The Morgan fingerprint density at radius 2 is 1.86 bits per heavy atom. The van der Waals surface area contributed by atoms with Gasteiger partial charge in [0.15, 0.2) is 0 Å². The average molecular weight is 467 g/mol. The molecule has 3 heterocycles. The quantitative estimate of drug-likeness (QED) is 0.360. The van der Waals surface area contributed by atoms with Crippen LogP contribution in [0.3, 0.4) is 0 Å². The number of hydrogen-bond acceptors (Lipinski definition) is 4. The molecule has 35 heavy (non-hydrogen) atoms. The fourth-order valence-corrected chi connectivity index (χ4v) is 5.50. The minimum absolute atomic E-state index is 0.245. The molecular formula is C28H30N6O. The van der Waals surface area contributed by atoms with Crippen molar-refractivity contribution in [3.8, 4) is 11.3 Å². The molecule has 1 aliphatic carbocycles. The van der Waals surface area contributed by atoms with Crippen molar-refractivity contribution in [2.75, 3.05) is 18.4 Å². The molecule has 7 heteroatoms. The molecule has 2 aliphatic rings. The predicted molar refractivity (Wildman–Crippen MR) is 138 cm³/mol. The molecule has 4 aromatic rings. The largest absolute Gasteiger partial charge is 0.334 e. The van der Waals surface area contributed by atoms with E-state index in [9.17, 15) is 4.79 Å². The summed E-state index contributed by atoms with van der Waals surface area (Å²) in [4.78, 5) is 19.0. The Kier molecular flexibility index (Phi) is 5.92. The number of urea groups is 1. The van der Waals surface area contributed by atoms with Gasteiger partial charge in [-0.25, -0.2) is 4.79 Å². The van der Waals surface area contributed by atoms with E-state index in [1.165, 1.54) is 36.6 Å². The number of amides is 2. The van der Waals surface area contributed by atoms with Crippen molar-refractivity contribution in [2.45, 2.75) is 44.2 Å². The molecule has 2 aromatic heterocycles. The van der Waals surface area contributed by atoms with Crippen LogP contribution in [-0.2, 0) is 6.54 Å². The maximum atomic E-state index is 12.3. The van der Waals surface area contributed by atoms with Gasteiger partial charge in [-0.2, -0.15) is 5.10 Å². The predicted octanol–water partition coefficient (Wildman–Crippen LogP) is 5.29. The highest BCUT2D eigenvalue weighted by Gasteiger charge is 2.35. The van der Waals surface area contributed by atoms with Gasteiger partial charge in [0.2, 0.25) is 0 Å². The van der Waals surface area contributed by atoms with E-state index in [1.54, 1.807) is 12.4 Å². The highest BCUT2D eigenvalue weighted by atomic mass is 16.2. The zero-order chi connectivity index (χ0) is 23.6. The van der Waals surface area contributed by atoms with E-state index in [1.807, 2.05) is 36.4 Å². The molecule has 1 saturated heterocycles. The summed E-state index contributed by atoms with van der Waals surface area (Å²) >= 11 is 0. The van der Waals surface area contributed by atoms with E-state index in [2.05, 4.69) is 48.9 Å². The Morgan fingerprint density at radius 1 is 1.03 bits per heavy atom. The normalized spacial score (nSPS) is 16.9. The van der Waals surface area contributed by atoms with Gasteiger partial charge in [0.1, 0.15) is 5.69 Å². The Bertz CT molecular complexity index is 1300. The molecule has 1 aliphatic heterocycles. The summed E-state index contributed by atoms with van der Waals surface area (Å²) in [6, 6.07) is 18.7. The Morgan fingerprint density at radius 3 is 2.63 bits per heavy atom. The van der Waals surface area contributed by atoms with Crippen LogP contribution >= 0.6 is 0 Å². The molecule has 0 radical (unpaired) electrons. The third kappa shape index (κ3) is 4.51. The number of H-pyrrole nitrogens is 1. The van der Waals surface area contributed by atoms with Crippen molar-refractivity contribution in [1.29, 1.82) is 0 Å². The van der Waals surface area contributed by atoms with E-state index in [-0.39, 0.29) is 6.03 Å². The number of fused-ring (bicyclic) bond motifs is 1. The maximum absolute atomic E-state index is 12.3. The van der Waals surface area contributed by atoms with Gasteiger partial charge < -0.3 is 10.6 Å². The maximum Gasteiger partial charge on any atom is 0.319 e. The number of carbonyl (C=O) groups is 1. The van der Waals surface area contributed by atoms with Crippen LogP contribution in [0.15, 0.2) is 67.0 Å². The minimum Gasteiger partial charge on any atom is -0.334 e. The van der Waals surface area contributed by atoms with E-state index in [0.717, 1.165) is 47.2 Å². The minimum atomic E-state index is -0.245. The van der Waals surface area contributed by atoms with Gasteiger partial charge in [0.05, 0.1) is 5.52 Å². The van der Waals surface area contributed by atoms with Gasteiger partial charge in [-0.15, -0.1) is 0 Å². The number of benzene rings is 2. The first-order chi connectivity index (χ1) is 17.2. The van der Waals surface area contributed by atoms with Crippen molar-refractivity contribution in [3.63, 3.8) is 0 Å². The van der Waals surface area contributed by atoms with E-state index < -0.39 is 0 Å². The van der Waals surface area contributed by atoms with Crippen LogP contribution in [0, 0.1) is 0 Å². The molecule has 2 aromatic carbocycles. The topological polar surface area (TPSA) is 85.9 Å². The number of carbonyl (C=O) groups excluding carboxylic acids is 1. The lowest BCUT2D eigenvalue weighted by molar-refractivity contribution is 0.0949. The number of likely N-dealkylation sites (tertiary alicyclic amines) is 1. The van der Waals surface area contributed by atoms with Crippen LogP contribution in [0.4, 0.5) is 10.5 Å². The lowest BCUT2D eigenvalue weighted by atomic mass is 9.86. The molecule has 178 valence electrons. The Labute approximate surface area is 205 Å². The second-order valence-corrected chi connectivity index (χ2v) is 9.68. The molecule has 0 atom stereocenters. The van der Waals surface area contributed by atoms with E-state index in [4.69, 9.17) is 0 Å². The molecule has 0 unspecified atom stereocenters. The molecule has 0 bridgehead atoms. The molecule has 7 nitrogen and oxygen atoms in total. The first-order valence-electron chi connectivity index (χ1n) is 12.5. The van der Waals surface area contributed by atoms with Crippen LogP contribution in [0.25, 0.3) is 22.2 Å². The number of nitrogens with zero attached hydrogens (tertiary/aromatic N) is 3. The lowest BCUT2D eigenvalue weighted by Gasteiger charge is -2.43. The fraction of sp³-hybridized carbons (Fsp3) is 0.321. The first kappa shape index (κ1) is 21.8. The summed E-state index contributed by atoms with van der Waals surface area (Å²) in [6.45, 7) is 2.72. The SMILES string of the molecule is O=C(NCc1cccnc1)Nc1ccc(-c2n[nH]c3cccc(C4CN(C5CCCC5)C4)c23)cc1. The van der Waals surface area contributed by atoms with Gasteiger partial charge in [-0.05, 0) is 48.2 Å². The number of rotatable bonds is 6. The monoisotopic (exact) mass is 466 g/mol. The molecule has 3 N–H and O–H groups in total. The standard InChI is InChI=1S/C28H30N6O/c35-28(30-16-19-5-4-14-29-15-19)31-22-12-10-20(11-13-22)27-26-24(8-3-9-25(26)32-33-27)21-17-34(18-21)23-6-1-2-7-23/h3-5,8-15,21,23H,1-2,6-7,16-18H2,(H,32,33)(H2,30,31,35). The van der Waals surface area contributed by atoms with E-state index in [0.29, 0.717) is 12.5 Å². The lowest BCUT2D eigenvalue weighted by Crippen LogP contribution is -2.49. The number of aromatic amines is 1. The smallest absolute Gasteiger partial charge is 0.319 e. The van der Waals surface area contributed by atoms with Gasteiger partial charge >= 0.3 is 6.03 Å². The van der Waals surface area contributed by atoms with E-state index >= 15 is 0 Å². The van der Waals surface area contributed by atoms with Gasteiger partial charge in [-0.1, -0.05) is 43.2 Å². The number of pyridine rings is 1. The molecule has 2 amide bonds. The Balaban J connectivity index is 1.15. The highest BCUT2D eigenvalue weighted by Crippen LogP contribution is 2.39. The van der Waals surface area contributed by atoms with Crippen molar-refractivity contribution in [3.05, 3.63) is 78.1 Å². The number of hydrogen-bond donors (Lipinski definition) is 3. The third-order valence-electron chi connectivity index (χ3n) is 7.40. The molecule has 6 rings (SSSR count). The van der Waals surface area contributed by atoms with Crippen LogP contribution < -0.4 is 10.6 Å². The summed E-state index contributed by atoms with van der Waals surface area (Å²) in [5.41, 5.74) is 6.17. The molecular weight excluding hydrogens is 436 g/mol. The summed E-state index contributed by atoms with van der Waals surface area (Å²) in [5.74, 6) is 0.556. The van der Waals surface area contributed by atoms with Crippen LogP contribution in [0.1, 0.15) is 42.7 Å². The van der Waals surface area contributed by atoms with Crippen molar-refractivity contribution >= 4 is 22.6 Å². The Hall–Kier alpha value is -3.71. The number of nitrogens with one attached hydrogen (secondary N) is 3.